The maximum absolute atomic E-state index is 4.13. The summed E-state index contributed by atoms with van der Waals surface area (Å²) in [6.07, 6.45) is 3.70. The van der Waals surface area contributed by atoms with Crippen LogP contribution >= 0.6 is 11.3 Å². The molecule has 0 aliphatic heterocycles. The molecule has 78 valence electrons. The molecule has 0 saturated heterocycles. The van der Waals surface area contributed by atoms with Crippen molar-refractivity contribution in [3.8, 4) is 10.4 Å². The third-order valence-corrected chi connectivity index (χ3v) is 3.75. The summed E-state index contributed by atoms with van der Waals surface area (Å²) < 4.78 is 0. The Hall–Kier alpha value is -1.19. The normalized spacial score (nSPS) is 12.7. The Labute approximate surface area is 94.0 Å². The van der Waals surface area contributed by atoms with E-state index in [1.807, 2.05) is 30.6 Å². The Morgan fingerprint density at radius 2 is 2.20 bits per heavy atom. The lowest BCUT2D eigenvalue weighted by Gasteiger charge is -2.05. The van der Waals surface area contributed by atoms with Crippen molar-refractivity contribution in [2.75, 3.05) is 7.05 Å². The van der Waals surface area contributed by atoms with Gasteiger partial charge in [-0.15, -0.1) is 11.3 Å². The van der Waals surface area contributed by atoms with Gasteiger partial charge < -0.3 is 5.32 Å². The SMILES string of the molecule is CNC(C)c1ccc(-c2cccnc2)s1. The van der Waals surface area contributed by atoms with Gasteiger partial charge in [0.15, 0.2) is 0 Å². The summed E-state index contributed by atoms with van der Waals surface area (Å²) in [6.45, 7) is 2.17. The van der Waals surface area contributed by atoms with Crippen LogP contribution in [0.4, 0.5) is 0 Å². The van der Waals surface area contributed by atoms with E-state index in [0.29, 0.717) is 6.04 Å². The Kier molecular flexibility index (Phi) is 3.14. The van der Waals surface area contributed by atoms with E-state index in [1.165, 1.54) is 15.3 Å². The summed E-state index contributed by atoms with van der Waals surface area (Å²) in [5, 5.41) is 3.24. The Balaban J connectivity index is 2.28. The third kappa shape index (κ3) is 2.25. The molecule has 0 aliphatic carbocycles. The number of rotatable bonds is 3. The van der Waals surface area contributed by atoms with Gasteiger partial charge in [-0.05, 0) is 32.2 Å². The molecule has 0 radical (unpaired) electrons. The molecule has 2 nitrogen and oxygen atoms in total. The summed E-state index contributed by atoms with van der Waals surface area (Å²) in [5.41, 5.74) is 1.19. The molecule has 1 atom stereocenters. The average Bonchev–Trinajstić information content (AvgIpc) is 2.78. The van der Waals surface area contributed by atoms with Crippen LogP contribution in [0.1, 0.15) is 17.8 Å². The first-order valence-electron chi connectivity index (χ1n) is 4.98. The van der Waals surface area contributed by atoms with Crippen LogP contribution in [0.3, 0.4) is 0 Å². The summed E-state index contributed by atoms with van der Waals surface area (Å²) in [5.74, 6) is 0. The van der Waals surface area contributed by atoms with Crippen molar-refractivity contribution in [2.24, 2.45) is 0 Å². The maximum atomic E-state index is 4.13. The fraction of sp³-hybridized carbons (Fsp3) is 0.250. The zero-order valence-electron chi connectivity index (χ0n) is 8.90. The molecule has 0 fully saturated rings. The maximum Gasteiger partial charge on any atom is 0.0383 e. The van der Waals surface area contributed by atoms with Crippen molar-refractivity contribution >= 4 is 11.3 Å². The van der Waals surface area contributed by atoms with Crippen molar-refractivity contribution in [2.45, 2.75) is 13.0 Å². The van der Waals surface area contributed by atoms with Crippen LogP contribution in [0.25, 0.3) is 10.4 Å². The second kappa shape index (κ2) is 4.55. The first kappa shape index (κ1) is 10.3. The Morgan fingerprint density at radius 3 is 2.87 bits per heavy atom. The van der Waals surface area contributed by atoms with Gasteiger partial charge in [0.1, 0.15) is 0 Å². The van der Waals surface area contributed by atoms with Crippen LogP contribution in [-0.4, -0.2) is 12.0 Å². The molecular weight excluding hydrogens is 204 g/mol. The topological polar surface area (TPSA) is 24.9 Å². The fourth-order valence-corrected chi connectivity index (χ4v) is 2.45. The lowest BCUT2D eigenvalue weighted by atomic mass is 10.2. The highest BCUT2D eigenvalue weighted by Crippen LogP contribution is 2.30. The van der Waals surface area contributed by atoms with E-state index < -0.39 is 0 Å². The minimum Gasteiger partial charge on any atom is -0.313 e. The van der Waals surface area contributed by atoms with Crippen LogP contribution in [-0.2, 0) is 0 Å². The molecule has 2 aromatic heterocycles. The number of aromatic nitrogens is 1. The summed E-state index contributed by atoms with van der Waals surface area (Å²) in [4.78, 5) is 6.76. The number of hydrogen-bond donors (Lipinski definition) is 1. The van der Waals surface area contributed by atoms with Gasteiger partial charge in [-0.2, -0.15) is 0 Å². The molecule has 0 saturated carbocycles. The first-order valence-corrected chi connectivity index (χ1v) is 5.80. The van der Waals surface area contributed by atoms with Gasteiger partial charge in [0, 0.05) is 33.8 Å². The van der Waals surface area contributed by atoms with Crippen molar-refractivity contribution in [1.82, 2.24) is 10.3 Å². The van der Waals surface area contributed by atoms with Gasteiger partial charge in [-0.3, -0.25) is 4.98 Å². The monoisotopic (exact) mass is 218 g/mol. The molecule has 0 aromatic carbocycles. The highest BCUT2D eigenvalue weighted by atomic mass is 32.1. The molecule has 1 N–H and O–H groups in total. The van der Waals surface area contributed by atoms with Gasteiger partial charge in [-0.1, -0.05) is 6.07 Å². The van der Waals surface area contributed by atoms with E-state index in [4.69, 9.17) is 0 Å². The molecule has 0 aliphatic rings. The quantitative estimate of drug-likeness (QED) is 0.856. The van der Waals surface area contributed by atoms with E-state index >= 15 is 0 Å². The number of hydrogen-bond acceptors (Lipinski definition) is 3. The molecule has 0 amide bonds. The van der Waals surface area contributed by atoms with Crippen LogP contribution in [0.5, 0.6) is 0 Å². The molecule has 2 aromatic rings. The van der Waals surface area contributed by atoms with E-state index in [9.17, 15) is 0 Å². The van der Waals surface area contributed by atoms with Crippen LogP contribution in [0, 0.1) is 0 Å². The smallest absolute Gasteiger partial charge is 0.0383 e. The number of thiophene rings is 1. The van der Waals surface area contributed by atoms with E-state index in [-0.39, 0.29) is 0 Å². The number of nitrogens with one attached hydrogen (secondary N) is 1. The zero-order chi connectivity index (χ0) is 10.7. The Morgan fingerprint density at radius 1 is 1.33 bits per heavy atom. The largest absolute Gasteiger partial charge is 0.313 e. The van der Waals surface area contributed by atoms with E-state index in [0.717, 1.165) is 0 Å². The minimum absolute atomic E-state index is 0.417. The molecular formula is C12H14N2S. The second-order valence-electron chi connectivity index (χ2n) is 3.45. The molecule has 3 heteroatoms. The predicted octanol–water partition coefficient (Wildman–Crippen LogP) is 3.09. The third-order valence-electron chi connectivity index (χ3n) is 2.43. The second-order valence-corrected chi connectivity index (χ2v) is 4.57. The number of nitrogens with zero attached hydrogens (tertiary/aromatic N) is 1. The van der Waals surface area contributed by atoms with Gasteiger partial charge >= 0.3 is 0 Å². The predicted molar refractivity (Wildman–Crippen MR) is 65.0 cm³/mol. The molecule has 1 unspecified atom stereocenters. The van der Waals surface area contributed by atoms with Crippen LogP contribution < -0.4 is 5.32 Å². The molecule has 2 heterocycles. The molecule has 2 rings (SSSR count). The summed E-state index contributed by atoms with van der Waals surface area (Å²) in [7, 11) is 1.98. The van der Waals surface area contributed by atoms with Gasteiger partial charge in [0.05, 0.1) is 0 Å². The minimum atomic E-state index is 0.417. The lowest BCUT2D eigenvalue weighted by Crippen LogP contribution is -2.10. The molecule has 0 bridgehead atoms. The fourth-order valence-electron chi connectivity index (χ4n) is 1.39. The summed E-state index contributed by atoms with van der Waals surface area (Å²) in [6, 6.07) is 8.81. The lowest BCUT2D eigenvalue weighted by molar-refractivity contribution is 0.664. The van der Waals surface area contributed by atoms with E-state index in [1.54, 1.807) is 6.20 Å². The van der Waals surface area contributed by atoms with Crippen molar-refractivity contribution in [1.29, 1.82) is 0 Å². The zero-order valence-corrected chi connectivity index (χ0v) is 9.71. The van der Waals surface area contributed by atoms with Crippen molar-refractivity contribution in [3.63, 3.8) is 0 Å². The molecule has 15 heavy (non-hydrogen) atoms. The number of pyridine rings is 1. The van der Waals surface area contributed by atoms with Crippen LogP contribution in [0.2, 0.25) is 0 Å². The highest BCUT2D eigenvalue weighted by molar-refractivity contribution is 7.15. The van der Waals surface area contributed by atoms with Crippen LogP contribution in [0.15, 0.2) is 36.7 Å². The standard InChI is InChI=1S/C12H14N2S/c1-9(13-2)11-5-6-12(15-11)10-4-3-7-14-8-10/h3-9,13H,1-2H3. The first-order chi connectivity index (χ1) is 7.31. The van der Waals surface area contributed by atoms with Gasteiger partial charge in [0.25, 0.3) is 0 Å². The highest BCUT2D eigenvalue weighted by Gasteiger charge is 2.07. The average molecular weight is 218 g/mol. The van der Waals surface area contributed by atoms with Crippen molar-refractivity contribution < 1.29 is 0 Å². The Bertz CT molecular complexity index is 422. The van der Waals surface area contributed by atoms with E-state index in [2.05, 4.69) is 35.4 Å². The summed E-state index contributed by atoms with van der Waals surface area (Å²) >= 11 is 1.82. The van der Waals surface area contributed by atoms with Gasteiger partial charge in [0.2, 0.25) is 0 Å². The molecule has 0 spiro atoms. The van der Waals surface area contributed by atoms with Crippen molar-refractivity contribution in [3.05, 3.63) is 41.5 Å². The van der Waals surface area contributed by atoms with Gasteiger partial charge in [-0.25, -0.2) is 0 Å².